The van der Waals surface area contributed by atoms with Crippen molar-refractivity contribution in [3.8, 4) is 0 Å². The van der Waals surface area contributed by atoms with Gasteiger partial charge in [0.05, 0.1) is 0 Å². The lowest BCUT2D eigenvalue weighted by Gasteiger charge is -2.41. The fourth-order valence-corrected chi connectivity index (χ4v) is 3.89. The van der Waals surface area contributed by atoms with Crippen molar-refractivity contribution in [3.63, 3.8) is 0 Å². The Bertz CT molecular complexity index is 480. The molecular formula is C24H44O7. The normalized spacial score (nSPS) is 28.8. The summed E-state index contributed by atoms with van der Waals surface area (Å²) in [6.45, 7) is 2.24. The van der Waals surface area contributed by atoms with Gasteiger partial charge in [-0.15, -0.1) is 0 Å². The molecule has 0 aliphatic heterocycles. The van der Waals surface area contributed by atoms with Crippen LogP contribution in [0.2, 0.25) is 0 Å². The second-order valence-corrected chi connectivity index (χ2v) is 8.74. The maximum absolute atomic E-state index is 12.0. The van der Waals surface area contributed by atoms with E-state index in [4.69, 9.17) is 4.74 Å². The number of hydrogen-bond donors (Lipinski definition) is 5. The van der Waals surface area contributed by atoms with Crippen LogP contribution >= 0.6 is 0 Å². The van der Waals surface area contributed by atoms with Gasteiger partial charge < -0.3 is 30.3 Å². The van der Waals surface area contributed by atoms with Crippen LogP contribution in [-0.4, -0.2) is 68.1 Å². The number of hydrogen-bond acceptors (Lipinski definition) is 7. The van der Waals surface area contributed by atoms with E-state index in [9.17, 15) is 30.3 Å². The highest BCUT2D eigenvalue weighted by Gasteiger charge is 2.50. The summed E-state index contributed by atoms with van der Waals surface area (Å²) in [6.07, 6.45) is 9.90. The van der Waals surface area contributed by atoms with Crippen molar-refractivity contribution >= 4 is 5.97 Å². The number of allylic oxidation sites excluding steroid dienone is 2. The number of aliphatic hydroxyl groups excluding tert-OH is 5. The maximum atomic E-state index is 12.0. The van der Waals surface area contributed by atoms with Gasteiger partial charge in [-0.1, -0.05) is 70.4 Å². The average Bonchev–Trinajstić information content (AvgIpc) is 2.76. The summed E-state index contributed by atoms with van der Waals surface area (Å²) in [5.41, 5.74) is 0. The van der Waals surface area contributed by atoms with Crippen molar-refractivity contribution in [2.24, 2.45) is 0 Å². The fraction of sp³-hybridized carbons (Fsp3) is 0.875. The molecule has 0 aromatic heterocycles. The minimum absolute atomic E-state index is 0.142. The van der Waals surface area contributed by atoms with Crippen molar-refractivity contribution in [1.29, 1.82) is 0 Å². The highest BCUT2D eigenvalue weighted by molar-refractivity contribution is 5.69. The van der Waals surface area contributed by atoms with E-state index in [2.05, 4.69) is 19.1 Å². The molecule has 6 atom stereocenters. The van der Waals surface area contributed by atoms with Crippen LogP contribution in [0.15, 0.2) is 12.2 Å². The molecule has 0 bridgehead atoms. The fourth-order valence-electron chi connectivity index (χ4n) is 3.89. The lowest BCUT2D eigenvalue weighted by molar-refractivity contribution is -0.233. The Hall–Kier alpha value is -0.990. The van der Waals surface area contributed by atoms with Crippen molar-refractivity contribution in [3.05, 3.63) is 12.2 Å². The molecule has 7 heteroatoms. The van der Waals surface area contributed by atoms with Crippen LogP contribution in [0.5, 0.6) is 0 Å². The van der Waals surface area contributed by atoms with Gasteiger partial charge in [-0.05, 0) is 32.1 Å². The number of esters is 1. The van der Waals surface area contributed by atoms with Crippen LogP contribution in [0.1, 0.15) is 96.8 Å². The minimum atomic E-state index is -1.69. The summed E-state index contributed by atoms with van der Waals surface area (Å²) < 4.78 is 5.04. The Morgan fingerprint density at radius 3 is 1.58 bits per heavy atom. The molecule has 0 aromatic carbocycles. The predicted molar refractivity (Wildman–Crippen MR) is 119 cm³/mol. The lowest BCUT2D eigenvalue weighted by Crippen LogP contribution is -2.64. The summed E-state index contributed by atoms with van der Waals surface area (Å²) >= 11 is 0. The van der Waals surface area contributed by atoms with Gasteiger partial charge in [0, 0.05) is 6.42 Å². The zero-order valence-electron chi connectivity index (χ0n) is 19.1. The number of unbranched alkanes of at least 4 members (excludes halogenated alkanes) is 11. The molecule has 0 amide bonds. The molecule has 0 aromatic rings. The van der Waals surface area contributed by atoms with E-state index < -0.39 is 42.6 Å². The van der Waals surface area contributed by atoms with Crippen LogP contribution in [0, 0.1) is 0 Å². The molecule has 31 heavy (non-hydrogen) atoms. The molecule has 1 saturated carbocycles. The molecule has 1 aliphatic carbocycles. The summed E-state index contributed by atoms with van der Waals surface area (Å²) in [7, 11) is 0. The van der Waals surface area contributed by atoms with Gasteiger partial charge >= 0.3 is 5.97 Å². The van der Waals surface area contributed by atoms with Crippen molar-refractivity contribution in [2.75, 3.05) is 0 Å². The Labute approximate surface area is 187 Å². The number of carbonyl (C=O) groups is 1. The van der Waals surface area contributed by atoms with Gasteiger partial charge in [0.1, 0.15) is 30.5 Å². The van der Waals surface area contributed by atoms with Gasteiger partial charge in [-0.2, -0.15) is 0 Å². The van der Waals surface area contributed by atoms with Gasteiger partial charge in [0.15, 0.2) is 6.10 Å². The van der Waals surface area contributed by atoms with E-state index in [1.165, 1.54) is 44.9 Å². The topological polar surface area (TPSA) is 127 Å². The first kappa shape index (κ1) is 28.0. The molecular weight excluding hydrogens is 400 g/mol. The molecule has 0 saturated heterocycles. The molecule has 182 valence electrons. The van der Waals surface area contributed by atoms with Crippen molar-refractivity contribution in [1.82, 2.24) is 0 Å². The molecule has 1 aliphatic rings. The lowest BCUT2D eigenvalue weighted by atomic mass is 9.85. The van der Waals surface area contributed by atoms with E-state index >= 15 is 0 Å². The summed E-state index contributed by atoms with van der Waals surface area (Å²) in [6, 6.07) is 0. The van der Waals surface area contributed by atoms with Gasteiger partial charge in [-0.25, -0.2) is 0 Å². The quantitative estimate of drug-likeness (QED) is 0.141. The predicted octanol–water partition coefficient (Wildman–Crippen LogP) is 2.75. The third-order valence-electron chi connectivity index (χ3n) is 5.98. The highest BCUT2D eigenvalue weighted by atomic mass is 16.6. The maximum Gasteiger partial charge on any atom is 0.306 e. The van der Waals surface area contributed by atoms with E-state index in [0.29, 0.717) is 6.42 Å². The van der Waals surface area contributed by atoms with Crippen molar-refractivity contribution < 1.29 is 35.1 Å². The SMILES string of the molecule is CCCCCCCC/C=C\CCCCCCCC(=O)O[C@@H]1[C@@H](O)[C@H](O)[C@@H](O)[C@H](O)[C@@H]1O. The Kier molecular flexibility index (Phi) is 15.0. The molecule has 0 radical (unpaired) electrons. The zero-order valence-corrected chi connectivity index (χ0v) is 19.1. The van der Waals surface area contributed by atoms with Gasteiger partial charge in [0.25, 0.3) is 0 Å². The monoisotopic (exact) mass is 444 g/mol. The summed E-state index contributed by atoms with van der Waals surface area (Å²) in [5.74, 6) is -0.600. The van der Waals surface area contributed by atoms with E-state index in [1.807, 2.05) is 0 Å². The Morgan fingerprint density at radius 1 is 0.645 bits per heavy atom. The average molecular weight is 445 g/mol. The van der Waals surface area contributed by atoms with Crippen LogP contribution < -0.4 is 0 Å². The zero-order chi connectivity index (χ0) is 23.1. The van der Waals surface area contributed by atoms with Crippen LogP contribution in [0.4, 0.5) is 0 Å². The first-order valence-electron chi connectivity index (χ1n) is 12.1. The van der Waals surface area contributed by atoms with Gasteiger partial charge in [-0.3, -0.25) is 4.79 Å². The smallest absolute Gasteiger partial charge is 0.306 e. The van der Waals surface area contributed by atoms with Crippen molar-refractivity contribution in [2.45, 2.75) is 133 Å². The van der Waals surface area contributed by atoms with E-state index in [1.54, 1.807) is 0 Å². The van der Waals surface area contributed by atoms with Crippen LogP contribution in [0.25, 0.3) is 0 Å². The number of carbonyl (C=O) groups excluding carboxylic acids is 1. The molecule has 0 heterocycles. The molecule has 5 N–H and O–H groups in total. The number of aliphatic hydroxyl groups is 5. The van der Waals surface area contributed by atoms with E-state index in [-0.39, 0.29) is 6.42 Å². The van der Waals surface area contributed by atoms with E-state index in [0.717, 1.165) is 32.1 Å². The Balaban J connectivity index is 2.02. The third-order valence-corrected chi connectivity index (χ3v) is 5.98. The second-order valence-electron chi connectivity index (χ2n) is 8.74. The molecule has 7 nitrogen and oxygen atoms in total. The second kappa shape index (κ2) is 16.6. The molecule has 1 rings (SSSR count). The number of rotatable bonds is 16. The van der Waals surface area contributed by atoms with Crippen LogP contribution in [-0.2, 0) is 9.53 Å². The molecule has 0 spiro atoms. The first-order chi connectivity index (χ1) is 14.9. The van der Waals surface area contributed by atoms with Crippen LogP contribution in [0.3, 0.4) is 0 Å². The third kappa shape index (κ3) is 10.9. The van der Waals surface area contributed by atoms with Gasteiger partial charge in [0.2, 0.25) is 0 Å². The standard InChI is InChI=1S/C24H44O7/c1-2-3-4-5-6-7-8-9-10-11-12-13-14-15-16-17-18(25)31-24-22(29)20(27)19(26)21(28)23(24)30/h9-10,19-24,26-30H,2-8,11-17H2,1H3/b10-9-/t19-,20-,21+,22-,23-,24-/m0/s1. The minimum Gasteiger partial charge on any atom is -0.457 e. The highest BCUT2D eigenvalue weighted by Crippen LogP contribution is 2.24. The first-order valence-corrected chi connectivity index (χ1v) is 12.1. The number of ether oxygens (including phenoxy) is 1. The Morgan fingerprint density at radius 2 is 1.06 bits per heavy atom. The summed E-state index contributed by atoms with van der Waals surface area (Å²) in [5, 5.41) is 48.6. The molecule has 1 fully saturated rings. The molecule has 0 unspecified atom stereocenters. The summed E-state index contributed by atoms with van der Waals surface area (Å²) in [4.78, 5) is 12.0. The largest absolute Gasteiger partial charge is 0.457 e.